The molecule has 1 amide bonds. The van der Waals surface area contributed by atoms with E-state index >= 15 is 0 Å². The Kier molecular flexibility index (Phi) is 6.25. The minimum atomic E-state index is -3.51. The van der Waals surface area contributed by atoms with E-state index < -0.39 is 10.0 Å². The van der Waals surface area contributed by atoms with Gasteiger partial charge in [-0.3, -0.25) is 4.79 Å². The van der Waals surface area contributed by atoms with Crippen LogP contribution in [0.5, 0.6) is 0 Å². The molecule has 0 radical (unpaired) electrons. The van der Waals surface area contributed by atoms with Crippen molar-refractivity contribution in [2.75, 3.05) is 20.1 Å². The van der Waals surface area contributed by atoms with Crippen molar-refractivity contribution in [3.63, 3.8) is 0 Å². The average Bonchev–Trinajstić information content (AvgIpc) is 2.79. The third kappa shape index (κ3) is 4.44. The molecule has 0 bridgehead atoms. The highest BCUT2D eigenvalue weighted by Gasteiger charge is 2.33. The zero-order chi connectivity index (χ0) is 21.1. The summed E-state index contributed by atoms with van der Waals surface area (Å²) in [5.74, 6) is -0.0154. The van der Waals surface area contributed by atoms with Crippen molar-refractivity contribution in [3.05, 3.63) is 65.2 Å². The van der Waals surface area contributed by atoms with Gasteiger partial charge in [0.05, 0.1) is 4.90 Å². The standard InChI is InChI=1S/C24H30N2O3S/c1-25(18-19-7-3-2-4-8-19)24(27)21-13-15-26(16-14-21)30(28,29)23-12-11-20-9-5-6-10-22(20)17-23/h2-4,7-8,11-12,17,21H,5-6,9-10,13-16,18H2,1H3. The molecule has 1 heterocycles. The Morgan fingerprint density at radius 1 is 1.00 bits per heavy atom. The van der Waals surface area contributed by atoms with Crippen LogP contribution in [0.15, 0.2) is 53.4 Å². The topological polar surface area (TPSA) is 57.7 Å². The van der Waals surface area contributed by atoms with Gasteiger partial charge in [0, 0.05) is 32.6 Å². The predicted molar refractivity (Wildman–Crippen MR) is 117 cm³/mol. The molecule has 160 valence electrons. The number of fused-ring (bicyclic) bond motifs is 1. The average molecular weight is 427 g/mol. The van der Waals surface area contributed by atoms with Crippen LogP contribution >= 0.6 is 0 Å². The smallest absolute Gasteiger partial charge is 0.243 e. The van der Waals surface area contributed by atoms with Gasteiger partial charge in [-0.05, 0) is 67.3 Å². The summed E-state index contributed by atoms with van der Waals surface area (Å²) >= 11 is 0. The molecule has 1 aliphatic carbocycles. The van der Waals surface area contributed by atoms with Crippen LogP contribution in [0.1, 0.15) is 42.4 Å². The van der Waals surface area contributed by atoms with E-state index in [1.807, 2.05) is 49.5 Å². The number of carbonyl (C=O) groups excluding carboxylic acids is 1. The maximum Gasteiger partial charge on any atom is 0.243 e. The molecule has 0 atom stereocenters. The highest BCUT2D eigenvalue weighted by atomic mass is 32.2. The van der Waals surface area contributed by atoms with E-state index in [1.54, 1.807) is 15.3 Å². The Balaban J connectivity index is 1.38. The van der Waals surface area contributed by atoms with Gasteiger partial charge in [0.2, 0.25) is 15.9 Å². The zero-order valence-corrected chi connectivity index (χ0v) is 18.4. The van der Waals surface area contributed by atoms with Gasteiger partial charge in [0.15, 0.2) is 0 Å². The van der Waals surface area contributed by atoms with E-state index in [-0.39, 0.29) is 11.8 Å². The summed E-state index contributed by atoms with van der Waals surface area (Å²) in [6.45, 7) is 1.37. The number of hydrogen-bond donors (Lipinski definition) is 0. The maximum atomic E-state index is 13.2. The van der Waals surface area contributed by atoms with Gasteiger partial charge in [-0.25, -0.2) is 8.42 Å². The number of nitrogens with zero attached hydrogens (tertiary/aromatic N) is 2. The second-order valence-corrected chi connectivity index (χ2v) is 10.4. The minimum absolute atomic E-state index is 0.102. The van der Waals surface area contributed by atoms with Gasteiger partial charge >= 0.3 is 0 Å². The number of carbonyl (C=O) groups is 1. The fraction of sp³-hybridized carbons (Fsp3) is 0.458. The Hall–Kier alpha value is -2.18. The number of piperidine rings is 1. The normalized spacial score (nSPS) is 18.0. The molecule has 30 heavy (non-hydrogen) atoms. The van der Waals surface area contributed by atoms with Crippen molar-refractivity contribution in [1.82, 2.24) is 9.21 Å². The second-order valence-electron chi connectivity index (χ2n) is 8.50. The second kappa shape index (κ2) is 8.90. The zero-order valence-electron chi connectivity index (χ0n) is 17.6. The van der Waals surface area contributed by atoms with E-state index in [0.717, 1.165) is 24.8 Å². The molecule has 2 aromatic carbocycles. The summed E-state index contributed by atoms with van der Waals surface area (Å²) in [5.41, 5.74) is 3.56. The first-order valence-corrected chi connectivity index (χ1v) is 12.3. The summed E-state index contributed by atoms with van der Waals surface area (Å²) in [6.07, 6.45) is 5.45. The number of sulfonamides is 1. The van der Waals surface area contributed by atoms with Crippen LogP contribution in [-0.4, -0.2) is 43.7 Å². The molecule has 0 spiro atoms. The lowest BCUT2D eigenvalue weighted by Crippen LogP contribution is -2.43. The highest BCUT2D eigenvalue weighted by Crippen LogP contribution is 2.28. The molecular weight excluding hydrogens is 396 g/mol. The molecular formula is C24H30N2O3S. The van der Waals surface area contributed by atoms with E-state index in [1.165, 1.54) is 17.5 Å². The Bertz CT molecular complexity index is 996. The van der Waals surface area contributed by atoms with Crippen molar-refractivity contribution in [2.24, 2.45) is 5.92 Å². The SMILES string of the molecule is CN(Cc1ccccc1)C(=O)C1CCN(S(=O)(=O)c2ccc3c(c2)CCCC3)CC1. The van der Waals surface area contributed by atoms with Gasteiger partial charge in [0.1, 0.15) is 0 Å². The van der Waals surface area contributed by atoms with Crippen LogP contribution in [0.3, 0.4) is 0 Å². The lowest BCUT2D eigenvalue weighted by atomic mass is 9.92. The van der Waals surface area contributed by atoms with Crippen LogP contribution in [0, 0.1) is 5.92 Å². The summed E-state index contributed by atoms with van der Waals surface area (Å²) in [5, 5.41) is 0. The maximum absolute atomic E-state index is 13.2. The Morgan fingerprint density at radius 3 is 2.37 bits per heavy atom. The highest BCUT2D eigenvalue weighted by molar-refractivity contribution is 7.89. The Morgan fingerprint density at radius 2 is 1.67 bits per heavy atom. The number of aryl methyl sites for hydroxylation is 2. The summed E-state index contributed by atoms with van der Waals surface area (Å²) in [6, 6.07) is 15.5. The molecule has 4 rings (SSSR count). The quantitative estimate of drug-likeness (QED) is 0.734. The largest absolute Gasteiger partial charge is 0.341 e. The van der Waals surface area contributed by atoms with E-state index in [4.69, 9.17) is 0 Å². The molecule has 2 aromatic rings. The first-order valence-electron chi connectivity index (χ1n) is 10.9. The van der Waals surface area contributed by atoms with E-state index in [9.17, 15) is 13.2 Å². The third-order valence-electron chi connectivity index (χ3n) is 6.40. The number of hydrogen-bond acceptors (Lipinski definition) is 3. The summed E-state index contributed by atoms with van der Waals surface area (Å²) in [7, 11) is -1.68. The monoisotopic (exact) mass is 426 g/mol. The molecule has 0 unspecified atom stereocenters. The lowest BCUT2D eigenvalue weighted by Gasteiger charge is -2.32. The van der Waals surface area contributed by atoms with Crippen molar-refractivity contribution in [1.29, 1.82) is 0 Å². The summed E-state index contributed by atoms with van der Waals surface area (Å²) < 4.78 is 27.9. The van der Waals surface area contributed by atoms with E-state index in [0.29, 0.717) is 37.4 Å². The number of amides is 1. The van der Waals surface area contributed by atoms with Crippen LogP contribution in [0.25, 0.3) is 0 Å². The van der Waals surface area contributed by atoms with Gasteiger partial charge in [-0.15, -0.1) is 0 Å². The number of benzene rings is 2. The van der Waals surface area contributed by atoms with Crippen LogP contribution in [-0.2, 0) is 34.2 Å². The van der Waals surface area contributed by atoms with E-state index in [2.05, 4.69) is 0 Å². The van der Waals surface area contributed by atoms with Crippen molar-refractivity contribution < 1.29 is 13.2 Å². The molecule has 1 saturated heterocycles. The molecule has 0 aromatic heterocycles. The van der Waals surface area contributed by atoms with Gasteiger partial charge in [-0.1, -0.05) is 36.4 Å². The first kappa shape index (κ1) is 21.1. The molecule has 6 heteroatoms. The Labute approximate surface area is 179 Å². The number of rotatable bonds is 5. The first-order chi connectivity index (χ1) is 14.4. The summed E-state index contributed by atoms with van der Waals surface area (Å²) in [4.78, 5) is 15.0. The van der Waals surface area contributed by atoms with Crippen LogP contribution < -0.4 is 0 Å². The molecule has 0 saturated carbocycles. The fourth-order valence-corrected chi connectivity index (χ4v) is 6.13. The van der Waals surface area contributed by atoms with Crippen molar-refractivity contribution >= 4 is 15.9 Å². The van der Waals surface area contributed by atoms with Gasteiger partial charge in [-0.2, -0.15) is 4.31 Å². The molecule has 0 N–H and O–H groups in total. The molecule has 1 aliphatic heterocycles. The lowest BCUT2D eigenvalue weighted by molar-refractivity contribution is -0.135. The van der Waals surface area contributed by atoms with Crippen molar-refractivity contribution in [3.8, 4) is 0 Å². The molecule has 1 fully saturated rings. The van der Waals surface area contributed by atoms with Crippen LogP contribution in [0.4, 0.5) is 0 Å². The molecule has 2 aliphatic rings. The van der Waals surface area contributed by atoms with Crippen LogP contribution in [0.2, 0.25) is 0 Å². The predicted octanol–water partition coefficient (Wildman–Crippen LogP) is 3.62. The third-order valence-corrected chi connectivity index (χ3v) is 8.29. The van der Waals surface area contributed by atoms with Gasteiger partial charge in [0.25, 0.3) is 0 Å². The minimum Gasteiger partial charge on any atom is -0.341 e. The van der Waals surface area contributed by atoms with Gasteiger partial charge < -0.3 is 4.90 Å². The van der Waals surface area contributed by atoms with Crippen molar-refractivity contribution in [2.45, 2.75) is 50.0 Å². The fourth-order valence-electron chi connectivity index (χ4n) is 4.61. The molecule has 5 nitrogen and oxygen atoms in total.